The summed E-state index contributed by atoms with van der Waals surface area (Å²) in [6.07, 6.45) is 2.86. The van der Waals surface area contributed by atoms with E-state index in [-0.39, 0.29) is 0 Å². The molecule has 3 rings (SSSR count). The third-order valence-electron chi connectivity index (χ3n) is 3.01. The highest BCUT2D eigenvalue weighted by Crippen LogP contribution is 2.36. The van der Waals surface area contributed by atoms with Crippen LogP contribution in [0.15, 0.2) is 35.5 Å². The monoisotopic (exact) mass is 277 g/mol. The molecule has 2 aromatic rings. The van der Waals surface area contributed by atoms with E-state index >= 15 is 0 Å². The summed E-state index contributed by atoms with van der Waals surface area (Å²) in [7, 11) is 0. The second-order valence-corrected chi connectivity index (χ2v) is 5.17. The van der Waals surface area contributed by atoms with Crippen molar-refractivity contribution in [2.75, 3.05) is 17.7 Å². The zero-order valence-corrected chi connectivity index (χ0v) is 11.5. The standard InChI is InChI=1S/C13H12ClN3S/c1-18-13-15-11(14)10-7-8-17(12(10)16-13)9-5-3-2-4-6-9/h2-6H,7-8H2,1H3. The Labute approximate surface area is 115 Å². The lowest BCUT2D eigenvalue weighted by Gasteiger charge is -2.18. The number of thioether (sulfide) groups is 1. The molecule has 92 valence electrons. The molecule has 0 unspecified atom stereocenters. The number of rotatable bonds is 2. The molecule has 1 aromatic heterocycles. The van der Waals surface area contributed by atoms with E-state index in [1.165, 1.54) is 11.8 Å². The van der Waals surface area contributed by atoms with Crippen molar-refractivity contribution >= 4 is 34.9 Å². The lowest BCUT2D eigenvalue weighted by Crippen LogP contribution is -2.14. The third kappa shape index (κ3) is 1.95. The molecule has 0 radical (unpaired) electrons. The summed E-state index contributed by atoms with van der Waals surface area (Å²) in [5.74, 6) is 0.950. The fourth-order valence-electron chi connectivity index (χ4n) is 2.15. The quantitative estimate of drug-likeness (QED) is 0.477. The predicted molar refractivity (Wildman–Crippen MR) is 76.0 cm³/mol. The van der Waals surface area contributed by atoms with Gasteiger partial charge in [-0.1, -0.05) is 41.6 Å². The van der Waals surface area contributed by atoms with Gasteiger partial charge in [0.15, 0.2) is 5.16 Å². The van der Waals surface area contributed by atoms with E-state index in [0.29, 0.717) is 5.15 Å². The van der Waals surface area contributed by atoms with Gasteiger partial charge in [-0.15, -0.1) is 0 Å². The molecule has 0 aliphatic carbocycles. The van der Waals surface area contributed by atoms with E-state index in [1.807, 2.05) is 24.5 Å². The van der Waals surface area contributed by atoms with Crippen LogP contribution >= 0.6 is 23.4 Å². The molecule has 2 heterocycles. The Kier molecular flexibility index (Phi) is 3.14. The number of hydrogen-bond acceptors (Lipinski definition) is 4. The number of aromatic nitrogens is 2. The van der Waals surface area contributed by atoms with Gasteiger partial charge in [0.25, 0.3) is 0 Å². The number of hydrogen-bond donors (Lipinski definition) is 0. The summed E-state index contributed by atoms with van der Waals surface area (Å²) < 4.78 is 0. The van der Waals surface area contributed by atoms with Crippen molar-refractivity contribution in [2.45, 2.75) is 11.6 Å². The van der Waals surface area contributed by atoms with Crippen LogP contribution in [0.2, 0.25) is 5.15 Å². The first-order valence-electron chi connectivity index (χ1n) is 5.72. The van der Waals surface area contributed by atoms with Crippen LogP contribution in [0.3, 0.4) is 0 Å². The number of benzene rings is 1. The van der Waals surface area contributed by atoms with Gasteiger partial charge in [0.1, 0.15) is 11.0 Å². The molecule has 5 heteroatoms. The molecule has 0 saturated carbocycles. The Morgan fingerprint density at radius 1 is 1.22 bits per heavy atom. The smallest absolute Gasteiger partial charge is 0.190 e. The molecule has 1 aliphatic heterocycles. The number of nitrogens with zero attached hydrogens (tertiary/aromatic N) is 3. The van der Waals surface area contributed by atoms with Crippen LogP contribution in [0.1, 0.15) is 5.56 Å². The topological polar surface area (TPSA) is 29.0 Å². The minimum absolute atomic E-state index is 0.586. The summed E-state index contributed by atoms with van der Waals surface area (Å²) in [5, 5.41) is 1.31. The van der Waals surface area contributed by atoms with Crippen molar-refractivity contribution in [3.8, 4) is 0 Å². The SMILES string of the molecule is CSc1nc(Cl)c2c(n1)N(c1ccccc1)CC2. The fourth-order valence-corrected chi connectivity index (χ4v) is 2.81. The Morgan fingerprint density at radius 3 is 2.72 bits per heavy atom. The summed E-state index contributed by atoms with van der Waals surface area (Å²) >= 11 is 7.73. The zero-order valence-electron chi connectivity index (χ0n) is 9.93. The van der Waals surface area contributed by atoms with Gasteiger partial charge in [-0.3, -0.25) is 0 Å². The highest BCUT2D eigenvalue weighted by Gasteiger charge is 2.25. The largest absolute Gasteiger partial charge is 0.326 e. The van der Waals surface area contributed by atoms with Gasteiger partial charge in [-0.05, 0) is 24.8 Å². The first-order valence-corrected chi connectivity index (χ1v) is 7.33. The Morgan fingerprint density at radius 2 is 2.00 bits per heavy atom. The molecular formula is C13H12ClN3S. The number of anilines is 2. The van der Waals surface area contributed by atoms with Crippen molar-refractivity contribution in [2.24, 2.45) is 0 Å². The molecule has 1 aromatic carbocycles. The van der Waals surface area contributed by atoms with Gasteiger partial charge in [0.05, 0.1) is 0 Å². The van der Waals surface area contributed by atoms with Crippen LogP contribution in [0.5, 0.6) is 0 Å². The number of para-hydroxylation sites is 1. The maximum atomic E-state index is 6.22. The molecule has 0 fully saturated rings. The number of fused-ring (bicyclic) bond motifs is 1. The fraction of sp³-hybridized carbons (Fsp3) is 0.231. The van der Waals surface area contributed by atoms with E-state index < -0.39 is 0 Å². The second kappa shape index (κ2) is 4.78. The van der Waals surface area contributed by atoms with Crippen molar-refractivity contribution in [3.05, 3.63) is 41.0 Å². The van der Waals surface area contributed by atoms with Crippen molar-refractivity contribution in [3.63, 3.8) is 0 Å². The van der Waals surface area contributed by atoms with Crippen LogP contribution in [0, 0.1) is 0 Å². The van der Waals surface area contributed by atoms with Crippen molar-refractivity contribution < 1.29 is 0 Å². The van der Waals surface area contributed by atoms with Crippen molar-refractivity contribution in [1.29, 1.82) is 0 Å². The van der Waals surface area contributed by atoms with Crippen LogP contribution in [-0.2, 0) is 6.42 Å². The van der Waals surface area contributed by atoms with E-state index in [1.54, 1.807) is 0 Å². The Hall–Kier alpha value is -1.26. The minimum Gasteiger partial charge on any atom is -0.326 e. The van der Waals surface area contributed by atoms with E-state index in [9.17, 15) is 0 Å². The maximum absolute atomic E-state index is 6.22. The minimum atomic E-state index is 0.586. The van der Waals surface area contributed by atoms with Crippen LogP contribution in [0.4, 0.5) is 11.5 Å². The highest BCUT2D eigenvalue weighted by atomic mass is 35.5. The van der Waals surface area contributed by atoms with E-state index in [0.717, 1.165) is 35.2 Å². The summed E-state index contributed by atoms with van der Waals surface area (Å²) in [4.78, 5) is 11.1. The molecule has 0 atom stereocenters. The zero-order chi connectivity index (χ0) is 12.5. The summed E-state index contributed by atoms with van der Waals surface area (Å²) in [5.41, 5.74) is 2.20. The predicted octanol–water partition coefficient (Wildman–Crippen LogP) is 3.55. The van der Waals surface area contributed by atoms with Gasteiger partial charge < -0.3 is 4.90 Å². The van der Waals surface area contributed by atoms with Crippen LogP contribution < -0.4 is 4.90 Å². The van der Waals surface area contributed by atoms with Crippen LogP contribution in [-0.4, -0.2) is 22.8 Å². The number of halogens is 1. The third-order valence-corrected chi connectivity index (χ3v) is 3.87. The van der Waals surface area contributed by atoms with Gasteiger partial charge in [-0.25, -0.2) is 9.97 Å². The molecule has 0 spiro atoms. The lowest BCUT2D eigenvalue weighted by atomic mass is 10.3. The molecule has 0 bridgehead atoms. The molecule has 1 aliphatic rings. The Balaban J connectivity index is 2.08. The molecule has 0 saturated heterocycles. The maximum Gasteiger partial charge on any atom is 0.190 e. The van der Waals surface area contributed by atoms with Gasteiger partial charge >= 0.3 is 0 Å². The molecule has 0 amide bonds. The second-order valence-electron chi connectivity index (χ2n) is 4.04. The van der Waals surface area contributed by atoms with Gasteiger partial charge in [-0.2, -0.15) is 0 Å². The van der Waals surface area contributed by atoms with Crippen LogP contribution in [0.25, 0.3) is 0 Å². The summed E-state index contributed by atoms with van der Waals surface area (Å²) in [6.45, 7) is 0.908. The molecule has 18 heavy (non-hydrogen) atoms. The molecule has 0 N–H and O–H groups in total. The molecular weight excluding hydrogens is 266 g/mol. The van der Waals surface area contributed by atoms with Gasteiger partial charge in [0.2, 0.25) is 0 Å². The molecule has 3 nitrogen and oxygen atoms in total. The average Bonchev–Trinajstić information content (AvgIpc) is 2.84. The lowest BCUT2D eigenvalue weighted by molar-refractivity contribution is 0.949. The van der Waals surface area contributed by atoms with Gasteiger partial charge in [0, 0.05) is 17.8 Å². The first kappa shape index (κ1) is 11.8. The summed E-state index contributed by atoms with van der Waals surface area (Å²) in [6, 6.07) is 10.3. The van der Waals surface area contributed by atoms with E-state index in [4.69, 9.17) is 11.6 Å². The average molecular weight is 278 g/mol. The van der Waals surface area contributed by atoms with Crippen molar-refractivity contribution in [1.82, 2.24) is 9.97 Å². The normalized spacial score (nSPS) is 13.8. The Bertz CT molecular complexity index is 574. The van der Waals surface area contributed by atoms with E-state index in [2.05, 4.69) is 27.0 Å². The first-order chi connectivity index (χ1) is 8.79. The highest BCUT2D eigenvalue weighted by molar-refractivity contribution is 7.98.